The lowest BCUT2D eigenvalue weighted by Crippen LogP contribution is -2.46. The van der Waals surface area contributed by atoms with Crippen molar-refractivity contribution >= 4 is 23.2 Å². The summed E-state index contributed by atoms with van der Waals surface area (Å²) in [7, 11) is 0. The van der Waals surface area contributed by atoms with Gasteiger partial charge in [0.05, 0.1) is 0 Å². The summed E-state index contributed by atoms with van der Waals surface area (Å²) in [5.74, 6) is 0.109. The summed E-state index contributed by atoms with van der Waals surface area (Å²) < 4.78 is 0. The van der Waals surface area contributed by atoms with E-state index in [1.165, 1.54) is 0 Å². The first-order chi connectivity index (χ1) is 8.69. The van der Waals surface area contributed by atoms with Gasteiger partial charge in [0.25, 0.3) is 0 Å². The van der Waals surface area contributed by atoms with Crippen LogP contribution in [-0.4, -0.2) is 40.6 Å². The van der Waals surface area contributed by atoms with Crippen LogP contribution in [0, 0.1) is 0 Å². The summed E-state index contributed by atoms with van der Waals surface area (Å²) in [6, 6.07) is 0. The van der Waals surface area contributed by atoms with E-state index in [9.17, 15) is 4.79 Å². The standard InChI is InChI=1S/C11H23N5OS/c1-3-5-7-15(8-6-4-2)10(17)9-16-11(18)12-13-14-16/h13-14H,3-9H2,1-2H3,(H,12,18). The Morgan fingerprint density at radius 2 is 1.89 bits per heavy atom. The normalized spacial score (nSPS) is 14.8. The molecule has 1 fully saturated rings. The van der Waals surface area contributed by atoms with Crippen molar-refractivity contribution in [2.24, 2.45) is 0 Å². The van der Waals surface area contributed by atoms with Crippen LogP contribution in [0.5, 0.6) is 0 Å². The molecule has 0 aliphatic carbocycles. The second kappa shape index (κ2) is 8.23. The van der Waals surface area contributed by atoms with E-state index < -0.39 is 0 Å². The molecule has 1 rings (SSSR count). The molecule has 3 N–H and O–H groups in total. The van der Waals surface area contributed by atoms with Crippen molar-refractivity contribution in [1.29, 1.82) is 0 Å². The highest BCUT2D eigenvalue weighted by Crippen LogP contribution is 2.01. The van der Waals surface area contributed by atoms with Gasteiger partial charge in [0.1, 0.15) is 6.54 Å². The smallest absolute Gasteiger partial charge is 0.243 e. The van der Waals surface area contributed by atoms with Gasteiger partial charge < -0.3 is 4.90 Å². The molecule has 0 spiro atoms. The number of hydrogen-bond donors (Lipinski definition) is 3. The third-order valence-electron chi connectivity index (χ3n) is 2.81. The van der Waals surface area contributed by atoms with E-state index in [4.69, 9.17) is 12.2 Å². The lowest BCUT2D eigenvalue weighted by Gasteiger charge is -2.25. The number of hydrogen-bond acceptors (Lipinski definition) is 4. The lowest BCUT2D eigenvalue weighted by molar-refractivity contribution is -0.132. The minimum atomic E-state index is 0.109. The molecule has 1 heterocycles. The molecule has 0 unspecified atom stereocenters. The van der Waals surface area contributed by atoms with E-state index in [0.717, 1.165) is 38.8 Å². The lowest BCUT2D eigenvalue weighted by atomic mass is 10.2. The van der Waals surface area contributed by atoms with Gasteiger partial charge in [-0.3, -0.25) is 15.2 Å². The van der Waals surface area contributed by atoms with Gasteiger partial charge in [-0.1, -0.05) is 26.7 Å². The number of nitrogens with one attached hydrogen (secondary N) is 3. The topological polar surface area (TPSA) is 59.6 Å². The molecule has 6 nitrogen and oxygen atoms in total. The predicted molar refractivity (Wildman–Crippen MR) is 75.1 cm³/mol. The Labute approximate surface area is 114 Å². The van der Waals surface area contributed by atoms with Crippen molar-refractivity contribution < 1.29 is 4.79 Å². The van der Waals surface area contributed by atoms with Crippen LogP contribution in [0.1, 0.15) is 39.5 Å². The summed E-state index contributed by atoms with van der Waals surface area (Å²) in [5, 5.41) is 2.09. The Bertz CT molecular complexity index is 279. The van der Waals surface area contributed by atoms with Crippen molar-refractivity contribution in [2.75, 3.05) is 19.6 Å². The van der Waals surface area contributed by atoms with Gasteiger partial charge in [-0.15, -0.1) is 5.53 Å². The highest BCUT2D eigenvalue weighted by molar-refractivity contribution is 7.80. The Hall–Kier alpha value is -0.920. The summed E-state index contributed by atoms with van der Waals surface area (Å²) in [6.07, 6.45) is 4.28. The quantitative estimate of drug-likeness (QED) is 0.561. The van der Waals surface area contributed by atoms with E-state index in [1.54, 1.807) is 5.01 Å². The van der Waals surface area contributed by atoms with Crippen LogP contribution in [0.4, 0.5) is 0 Å². The number of hydrazine groups is 3. The van der Waals surface area contributed by atoms with Gasteiger partial charge in [-0.2, -0.15) is 5.53 Å². The van der Waals surface area contributed by atoms with Gasteiger partial charge in [-0.25, -0.2) is 0 Å². The molecule has 104 valence electrons. The molecule has 7 heteroatoms. The molecule has 0 saturated carbocycles. The molecule has 18 heavy (non-hydrogen) atoms. The van der Waals surface area contributed by atoms with Crippen LogP contribution in [-0.2, 0) is 4.79 Å². The second-order valence-electron chi connectivity index (χ2n) is 4.34. The molecule has 0 bridgehead atoms. The third kappa shape index (κ3) is 4.75. The minimum Gasteiger partial charge on any atom is -0.341 e. The molecule has 1 aliphatic rings. The van der Waals surface area contributed by atoms with Crippen LogP contribution >= 0.6 is 12.2 Å². The molecule has 1 aliphatic heterocycles. The molecule has 1 saturated heterocycles. The first kappa shape index (κ1) is 15.1. The summed E-state index contributed by atoms with van der Waals surface area (Å²) in [4.78, 5) is 14.1. The average molecular weight is 273 g/mol. The van der Waals surface area contributed by atoms with Crippen LogP contribution < -0.4 is 16.5 Å². The van der Waals surface area contributed by atoms with Crippen molar-refractivity contribution in [2.45, 2.75) is 39.5 Å². The zero-order valence-electron chi connectivity index (χ0n) is 11.2. The average Bonchev–Trinajstić information content (AvgIpc) is 2.75. The molecular formula is C11H23N5OS. The maximum absolute atomic E-state index is 12.2. The molecule has 0 atom stereocenters. The molecule has 0 aromatic heterocycles. The maximum Gasteiger partial charge on any atom is 0.243 e. The SMILES string of the molecule is CCCCN(CCCC)C(=O)CN1NNNC1=S. The van der Waals surface area contributed by atoms with Crippen LogP contribution in [0.15, 0.2) is 0 Å². The van der Waals surface area contributed by atoms with Gasteiger partial charge in [0, 0.05) is 13.1 Å². The van der Waals surface area contributed by atoms with E-state index in [-0.39, 0.29) is 12.5 Å². The van der Waals surface area contributed by atoms with Gasteiger partial charge in [0.2, 0.25) is 11.0 Å². The van der Waals surface area contributed by atoms with E-state index in [2.05, 4.69) is 30.3 Å². The monoisotopic (exact) mass is 273 g/mol. The van der Waals surface area contributed by atoms with Crippen molar-refractivity contribution in [3.05, 3.63) is 0 Å². The molecule has 0 aromatic rings. The summed E-state index contributed by atoms with van der Waals surface area (Å²) in [6.45, 7) is 6.18. The minimum absolute atomic E-state index is 0.109. The first-order valence-electron chi connectivity index (χ1n) is 6.55. The van der Waals surface area contributed by atoms with Crippen LogP contribution in [0.3, 0.4) is 0 Å². The zero-order chi connectivity index (χ0) is 13.4. The number of carbonyl (C=O) groups excluding carboxylic acids is 1. The molecule has 0 radical (unpaired) electrons. The number of carbonyl (C=O) groups is 1. The highest BCUT2D eigenvalue weighted by Gasteiger charge is 2.21. The fourth-order valence-electron chi connectivity index (χ4n) is 1.67. The number of unbranched alkanes of at least 4 members (excludes halogenated alkanes) is 2. The van der Waals surface area contributed by atoms with E-state index in [1.807, 2.05) is 4.90 Å². The van der Waals surface area contributed by atoms with Crippen molar-refractivity contribution in [3.63, 3.8) is 0 Å². The zero-order valence-corrected chi connectivity index (χ0v) is 12.0. The maximum atomic E-state index is 12.2. The number of amides is 1. The van der Waals surface area contributed by atoms with Gasteiger partial charge >= 0.3 is 0 Å². The van der Waals surface area contributed by atoms with Crippen LogP contribution in [0.2, 0.25) is 0 Å². The molecular weight excluding hydrogens is 250 g/mol. The Balaban J connectivity index is 2.43. The largest absolute Gasteiger partial charge is 0.341 e. The summed E-state index contributed by atoms with van der Waals surface area (Å²) >= 11 is 5.04. The first-order valence-corrected chi connectivity index (χ1v) is 6.95. The fourth-order valence-corrected chi connectivity index (χ4v) is 1.83. The molecule has 0 aromatic carbocycles. The highest BCUT2D eigenvalue weighted by atomic mass is 32.1. The van der Waals surface area contributed by atoms with Gasteiger partial charge in [-0.05, 0) is 25.1 Å². The fraction of sp³-hybridized carbons (Fsp3) is 0.818. The predicted octanol–water partition coefficient (Wildman–Crippen LogP) is 0.530. The third-order valence-corrected chi connectivity index (χ3v) is 3.14. The van der Waals surface area contributed by atoms with E-state index >= 15 is 0 Å². The van der Waals surface area contributed by atoms with E-state index in [0.29, 0.717) is 5.11 Å². The Morgan fingerprint density at radius 1 is 1.28 bits per heavy atom. The Morgan fingerprint density at radius 3 is 2.33 bits per heavy atom. The Kier molecular flexibility index (Phi) is 6.92. The van der Waals surface area contributed by atoms with Gasteiger partial charge in [0.15, 0.2) is 0 Å². The molecule has 1 amide bonds. The van der Waals surface area contributed by atoms with Crippen molar-refractivity contribution in [1.82, 2.24) is 26.4 Å². The van der Waals surface area contributed by atoms with Crippen molar-refractivity contribution in [3.8, 4) is 0 Å². The number of rotatable bonds is 8. The number of thiocarbonyl (C=S) groups is 1. The number of nitrogens with zero attached hydrogens (tertiary/aromatic N) is 2. The summed E-state index contributed by atoms with van der Waals surface area (Å²) in [5.41, 5.74) is 8.18. The second-order valence-corrected chi connectivity index (χ2v) is 4.73. The van der Waals surface area contributed by atoms with Crippen LogP contribution in [0.25, 0.3) is 0 Å².